The molecule has 5 N–H and O–H groups in total. The highest BCUT2D eigenvalue weighted by atomic mass is 16.5. The standard InChI is InChI=1S/C46H64O6/c1-32(18-11-12-19-33(2)21-15-25-36(5)28-29-38-37(6)27-17-30-45(38,7)8)20-13-22-34(3)23-14-24-35(4)26-16-31-46(9,10)52-44-42(50)40(48)39(47)41(49)43(44)51/h11-29,39-44,47-51H,30-31H2,1-10H3. The minimum atomic E-state index is -1.64. The monoisotopic (exact) mass is 712 g/mol. The SMILES string of the molecule is CC(C=CC=C(C)C=CC=C(C)C=CCC(C)(C)OC1C(O)C(O)C(O)C(O)C1O)=CC=CC=C(C)C=CC=C(C)C=CC1=C(C)C=CCC1(C)C. The van der Waals surface area contributed by atoms with Crippen molar-refractivity contribution >= 4 is 0 Å². The summed E-state index contributed by atoms with van der Waals surface area (Å²) in [5.41, 5.74) is 7.77. The summed E-state index contributed by atoms with van der Waals surface area (Å²) >= 11 is 0. The highest BCUT2D eigenvalue weighted by molar-refractivity contribution is 5.42. The predicted octanol–water partition coefficient (Wildman–Crippen LogP) is 8.73. The third-order valence-corrected chi connectivity index (χ3v) is 9.17. The quantitative estimate of drug-likeness (QED) is 0.109. The second-order valence-corrected chi connectivity index (χ2v) is 15.3. The fourth-order valence-corrected chi connectivity index (χ4v) is 5.86. The molecule has 4 atom stereocenters. The van der Waals surface area contributed by atoms with Crippen LogP contribution in [0.1, 0.15) is 82.1 Å². The summed E-state index contributed by atoms with van der Waals surface area (Å²) < 4.78 is 5.88. The number of hydrogen-bond acceptors (Lipinski definition) is 6. The molecule has 2 aliphatic carbocycles. The average molecular weight is 713 g/mol. The molecule has 1 fully saturated rings. The normalized spacial score (nSPS) is 27.7. The Kier molecular flexibility index (Phi) is 18.1. The van der Waals surface area contributed by atoms with Gasteiger partial charge in [-0.05, 0) is 84.8 Å². The van der Waals surface area contributed by atoms with Gasteiger partial charge >= 0.3 is 0 Å². The van der Waals surface area contributed by atoms with Crippen molar-refractivity contribution in [2.24, 2.45) is 5.41 Å². The summed E-state index contributed by atoms with van der Waals surface area (Å²) in [4.78, 5) is 0. The Morgan fingerprint density at radius 2 is 1.06 bits per heavy atom. The molecule has 0 heterocycles. The van der Waals surface area contributed by atoms with Crippen molar-refractivity contribution in [3.05, 3.63) is 154 Å². The van der Waals surface area contributed by atoms with Gasteiger partial charge in [-0.3, -0.25) is 0 Å². The van der Waals surface area contributed by atoms with Gasteiger partial charge in [0.05, 0.1) is 5.60 Å². The fourth-order valence-electron chi connectivity index (χ4n) is 5.86. The molecule has 0 aromatic heterocycles. The molecule has 0 radical (unpaired) electrons. The highest BCUT2D eigenvalue weighted by Crippen LogP contribution is 2.37. The zero-order valence-corrected chi connectivity index (χ0v) is 33.0. The van der Waals surface area contributed by atoms with Gasteiger partial charge in [0, 0.05) is 0 Å². The van der Waals surface area contributed by atoms with Gasteiger partial charge in [0.2, 0.25) is 0 Å². The molecule has 0 aliphatic heterocycles. The molecule has 0 saturated heterocycles. The molecule has 52 heavy (non-hydrogen) atoms. The van der Waals surface area contributed by atoms with Crippen LogP contribution in [-0.4, -0.2) is 67.8 Å². The van der Waals surface area contributed by atoms with E-state index in [-0.39, 0.29) is 5.41 Å². The fraction of sp³-hybridized carbons (Fsp3) is 0.435. The number of hydrogen-bond donors (Lipinski definition) is 5. The maximum atomic E-state index is 10.3. The van der Waals surface area contributed by atoms with Gasteiger partial charge in [-0.15, -0.1) is 0 Å². The second-order valence-electron chi connectivity index (χ2n) is 15.3. The van der Waals surface area contributed by atoms with Crippen LogP contribution in [0.15, 0.2) is 154 Å². The molecule has 0 bridgehead atoms. The molecule has 1 saturated carbocycles. The molecule has 0 aromatic carbocycles. The summed E-state index contributed by atoms with van der Waals surface area (Å²) in [5, 5.41) is 50.3. The number of aliphatic hydroxyl groups is 5. The van der Waals surface area contributed by atoms with Crippen molar-refractivity contribution < 1.29 is 30.3 Å². The lowest BCUT2D eigenvalue weighted by Crippen LogP contribution is -2.65. The Morgan fingerprint density at radius 3 is 1.52 bits per heavy atom. The van der Waals surface area contributed by atoms with Crippen molar-refractivity contribution in [3.8, 4) is 0 Å². The van der Waals surface area contributed by atoms with Gasteiger partial charge in [0.1, 0.15) is 36.6 Å². The molecule has 0 amide bonds. The van der Waals surface area contributed by atoms with Gasteiger partial charge in [-0.1, -0.05) is 157 Å². The van der Waals surface area contributed by atoms with Crippen LogP contribution in [0.5, 0.6) is 0 Å². The zero-order chi connectivity index (χ0) is 39.1. The number of ether oxygens (including phenoxy) is 1. The third-order valence-electron chi connectivity index (χ3n) is 9.17. The molecule has 0 aromatic rings. The van der Waals surface area contributed by atoms with E-state index in [0.717, 1.165) is 23.1 Å². The van der Waals surface area contributed by atoms with Crippen LogP contribution in [0.25, 0.3) is 0 Å². The Hall–Kier alpha value is -3.62. The molecule has 284 valence electrons. The summed E-state index contributed by atoms with van der Waals surface area (Å²) in [7, 11) is 0. The second kappa shape index (κ2) is 21.2. The van der Waals surface area contributed by atoms with E-state index in [4.69, 9.17) is 4.74 Å². The van der Waals surface area contributed by atoms with Crippen LogP contribution < -0.4 is 0 Å². The lowest BCUT2D eigenvalue weighted by atomic mass is 9.75. The third kappa shape index (κ3) is 15.2. The molecule has 2 aliphatic rings. The maximum absolute atomic E-state index is 10.3. The Morgan fingerprint density at radius 1 is 0.654 bits per heavy atom. The van der Waals surface area contributed by atoms with Gasteiger partial charge in [-0.25, -0.2) is 0 Å². The summed E-state index contributed by atoms with van der Waals surface area (Å²) in [5.74, 6) is 0. The first-order valence-corrected chi connectivity index (χ1v) is 18.2. The van der Waals surface area contributed by atoms with Crippen molar-refractivity contribution in [2.45, 2.75) is 124 Å². The maximum Gasteiger partial charge on any atom is 0.115 e. The van der Waals surface area contributed by atoms with Crippen molar-refractivity contribution in [1.82, 2.24) is 0 Å². The van der Waals surface area contributed by atoms with Gasteiger partial charge in [0.25, 0.3) is 0 Å². The molecule has 6 nitrogen and oxygen atoms in total. The summed E-state index contributed by atoms with van der Waals surface area (Å²) in [6, 6.07) is 0. The van der Waals surface area contributed by atoms with Crippen LogP contribution in [0.2, 0.25) is 0 Å². The van der Waals surface area contributed by atoms with Gasteiger partial charge in [-0.2, -0.15) is 0 Å². The van der Waals surface area contributed by atoms with Crippen molar-refractivity contribution in [1.29, 1.82) is 0 Å². The predicted molar refractivity (Wildman–Crippen MR) is 217 cm³/mol. The van der Waals surface area contributed by atoms with E-state index >= 15 is 0 Å². The first kappa shape index (κ1) is 44.5. The molecular formula is C46H64O6. The molecule has 0 spiro atoms. The van der Waals surface area contributed by atoms with Crippen molar-refractivity contribution in [2.75, 3.05) is 0 Å². The average Bonchev–Trinajstić information content (AvgIpc) is 3.06. The minimum absolute atomic E-state index is 0.174. The van der Waals surface area contributed by atoms with Crippen LogP contribution >= 0.6 is 0 Å². The van der Waals surface area contributed by atoms with Crippen LogP contribution in [-0.2, 0) is 4.74 Å². The summed E-state index contributed by atoms with van der Waals surface area (Å²) in [6.07, 6.45) is 32.0. The molecule has 2 rings (SSSR count). The lowest BCUT2D eigenvalue weighted by molar-refractivity contribution is -0.256. The van der Waals surface area contributed by atoms with E-state index in [1.165, 1.54) is 22.3 Å². The van der Waals surface area contributed by atoms with Gasteiger partial charge < -0.3 is 30.3 Å². The smallest absolute Gasteiger partial charge is 0.115 e. The van der Waals surface area contributed by atoms with Crippen LogP contribution in [0, 0.1) is 5.41 Å². The van der Waals surface area contributed by atoms with E-state index in [0.29, 0.717) is 6.42 Å². The van der Waals surface area contributed by atoms with E-state index in [1.54, 1.807) is 13.8 Å². The Labute approximate surface area is 313 Å². The summed E-state index contributed by atoms with van der Waals surface area (Å²) in [6.45, 7) is 20.7. The van der Waals surface area contributed by atoms with Crippen LogP contribution in [0.3, 0.4) is 0 Å². The van der Waals surface area contributed by atoms with Crippen LogP contribution in [0.4, 0.5) is 0 Å². The zero-order valence-electron chi connectivity index (χ0n) is 33.0. The van der Waals surface area contributed by atoms with Crippen molar-refractivity contribution in [3.63, 3.8) is 0 Å². The number of aliphatic hydroxyl groups excluding tert-OH is 5. The minimum Gasteiger partial charge on any atom is -0.387 e. The molecule has 4 unspecified atom stereocenters. The number of rotatable bonds is 15. The van der Waals surface area contributed by atoms with Gasteiger partial charge in [0.15, 0.2) is 0 Å². The topological polar surface area (TPSA) is 110 Å². The largest absolute Gasteiger partial charge is 0.387 e. The van der Waals surface area contributed by atoms with E-state index in [1.807, 2.05) is 56.4 Å². The first-order chi connectivity index (χ1) is 24.3. The first-order valence-electron chi connectivity index (χ1n) is 18.2. The Bertz CT molecular complexity index is 1580. The van der Waals surface area contributed by atoms with E-state index in [2.05, 4.69) is 114 Å². The van der Waals surface area contributed by atoms with E-state index < -0.39 is 42.2 Å². The highest BCUT2D eigenvalue weighted by Gasteiger charge is 2.50. The lowest BCUT2D eigenvalue weighted by Gasteiger charge is -2.44. The Balaban J connectivity index is 1.83. The van der Waals surface area contributed by atoms with E-state index in [9.17, 15) is 25.5 Å². The number of allylic oxidation sites excluding steroid dienone is 25. The molecule has 6 heteroatoms. The molecular weight excluding hydrogens is 648 g/mol.